The number of aromatic nitrogens is 1. The third-order valence-electron chi connectivity index (χ3n) is 4.85. The van der Waals surface area contributed by atoms with Gasteiger partial charge in [-0.15, -0.1) is 0 Å². The van der Waals surface area contributed by atoms with Crippen molar-refractivity contribution in [2.45, 2.75) is 25.2 Å². The van der Waals surface area contributed by atoms with Gasteiger partial charge in [0.1, 0.15) is 0 Å². The molecule has 0 N–H and O–H groups in total. The molecule has 0 bridgehead atoms. The topological polar surface area (TPSA) is 33.2 Å². The van der Waals surface area contributed by atoms with Gasteiger partial charge in [0.2, 0.25) is 5.91 Å². The molecule has 1 heterocycles. The van der Waals surface area contributed by atoms with Gasteiger partial charge < -0.3 is 0 Å². The summed E-state index contributed by atoms with van der Waals surface area (Å²) in [5.41, 5.74) is 3.27. The van der Waals surface area contributed by atoms with E-state index in [1.807, 2.05) is 48.5 Å². The highest BCUT2D eigenvalue weighted by Gasteiger charge is 2.32. The van der Waals surface area contributed by atoms with Gasteiger partial charge in [-0.2, -0.15) is 0 Å². The molecule has 1 atom stereocenters. The Morgan fingerprint density at radius 2 is 1.77 bits per heavy atom. The summed E-state index contributed by atoms with van der Waals surface area (Å²) in [5, 5.41) is 0. The van der Waals surface area contributed by atoms with Crippen LogP contribution in [0.15, 0.2) is 77.4 Å². The van der Waals surface area contributed by atoms with E-state index in [0.717, 1.165) is 35.0 Å². The van der Waals surface area contributed by atoms with E-state index in [1.165, 1.54) is 5.56 Å². The van der Waals surface area contributed by atoms with E-state index in [4.69, 9.17) is 0 Å². The molecule has 130 valence electrons. The normalized spacial score (nSPS) is 16.0. The maximum Gasteiger partial charge on any atom is 0.240 e. The summed E-state index contributed by atoms with van der Waals surface area (Å²) in [5.74, 6) is 0.559. The molecule has 2 aromatic carbocycles. The predicted octanol–water partition coefficient (Wildman–Crippen LogP) is 5.63. The van der Waals surface area contributed by atoms with Crippen molar-refractivity contribution in [1.29, 1.82) is 0 Å². The molecule has 0 unspecified atom stereocenters. The van der Waals surface area contributed by atoms with E-state index < -0.39 is 0 Å². The van der Waals surface area contributed by atoms with Gasteiger partial charge in [0.15, 0.2) is 5.82 Å². The van der Waals surface area contributed by atoms with Crippen molar-refractivity contribution >= 4 is 33.3 Å². The number of anilines is 2. The van der Waals surface area contributed by atoms with Crippen LogP contribution in [0.4, 0.5) is 11.5 Å². The zero-order valence-electron chi connectivity index (χ0n) is 14.3. The number of fused-ring (bicyclic) bond motifs is 1. The molecule has 0 saturated heterocycles. The molecule has 0 aliphatic heterocycles. The van der Waals surface area contributed by atoms with E-state index in [0.29, 0.717) is 5.82 Å². The Bertz CT molecular complexity index is 926. The van der Waals surface area contributed by atoms with Gasteiger partial charge in [0.05, 0.1) is 16.1 Å². The molecule has 0 saturated carbocycles. The molecule has 26 heavy (non-hydrogen) atoms. The van der Waals surface area contributed by atoms with Crippen LogP contribution in [0.25, 0.3) is 0 Å². The Morgan fingerprint density at radius 1 is 1.00 bits per heavy atom. The third-order valence-corrected chi connectivity index (χ3v) is 5.47. The van der Waals surface area contributed by atoms with Crippen molar-refractivity contribution < 1.29 is 4.79 Å². The fourth-order valence-corrected chi connectivity index (χ4v) is 4.07. The second-order valence-corrected chi connectivity index (χ2v) is 7.32. The van der Waals surface area contributed by atoms with Crippen LogP contribution in [-0.4, -0.2) is 10.9 Å². The number of para-hydroxylation sites is 1. The van der Waals surface area contributed by atoms with Crippen molar-refractivity contribution in [3.8, 4) is 0 Å². The van der Waals surface area contributed by atoms with Gasteiger partial charge in [-0.25, -0.2) is 4.98 Å². The monoisotopic (exact) mass is 406 g/mol. The third kappa shape index (κ3) is 3.17. The van der Waals surface area contributed by atoms with Gasteiger partial charge >= 0.3 is 0 Å². The predicted molar refractivity (Wildman–Crippen MR) is 108 cm³/mol. The van der Waals surface area contributed by atoms with Crippen LogP contribution in [0.3, 0.4) is 0 Å². The van der Waals surface area contributed by atoms with Crippen LogP contribution < -0.4 is 4.90 Å². The van der Waals surface area contributed by atoms with Crippen molar-refractivity contribution in [2.24, 2.45) is 0 Å². The van der Waals surface area contributed by atoms with Crippen molar-refractivity contribution in [1.82, 2.24) is 4.98 Å². The standard InChI is InChI=1S/C22H19BrN2O/c23-20-14-7-15-24-21(20)25(17-10-2-1-3-11-17)22(26)19-13-6-9-16-8-4-5-12-18(16)19/h1-5,7-8,10-12,14-15,19H,6,9,13H2/t19-/m0/s1. The lowest BCUT2D eigenvalue weighted by molar-refractivity contribution is -0.119. The number of pyridine rings is 1. The minimum absolute atomic E-state index is 0.0720. The fourth-order valence-electron chi connectivity index (χ4n) is 3.64. The number of aryl methyl sites for hydroxylation is 1. The Balaban J connectivity index is 1.81. The van der Waals surface area contributed by atoms with Crippen LogP contribution in [0, 0.1) is 0 Å². The lowest BCUT2D eigenvalue weighted by Crippen LogP contribution is -2.33. The molecular weight excluding hydrogens is 388 g/mol. The molecule has 0 fully saturated rings. The Morgan fingerprint density at radius 3 is 2.58 bits per heavy atom. The number of hydrogen-bond acceptors (Lipinski definition) is 2. The molecule has 4 rings (SSSR count). The molecule has 1 amide bonds. The second kappa shape index (κ2) is 7.42. The number of carbonyl (C=O) groups excluding carboxylic acids is 1. The lowest BCUT2D eigenvalue weighted by atomic mass is 9.82. The Kier molecular flexibility index (Phi) is 4.85. The van der Waals surface area contributed by atoms with Crippen LogP contribution >= 0.6 is 15.9 Å². The quantitative estimate of drug-likeness (QED) is 0.564. The van der Waals surface area contributed by atoms with Gasteiger partial charge in [-0.1, -0.05) is 42.5 Å². The molecule has 1 aliphatic rings. The van der Waals surface area contributed by atoms with E-state index in [2.05, 4.69) is 39.1 Å². The molecule has 3 nitrogen and oxygen atoms in total. The number of halogens is 1. The van der Waals surface area contributed by atoms with Crippen molar-refractivity contribution in [3.05, 3.63) is 88.5 Å². The van der Waals surface area contributed by atoms with Gasteiger partial charge in [0, 0.05) is 6.20 Å². The van der Waals surface area contributed by atoms with Gasteiger partial charge in [-0.3, -0.25) is 9.69 Å². The molecular formula is C22H19BrN2O. The number of amides is 1. The van der Waals surface area contributed by atoms with Gasteiger partial charge in [0.25, 0.3) is 0 Å². The molecule has 1 aliphatic carbocycles. The van der Waals surface area contributed by atoms with Crippen LogP contribution in [0.5, 0.6) is 0 Å². The average molecular weight is 407 g/mol. The fraction of sp³-hybridized carbons (Fsp3) is 0.182. The highest BCUT2D eigenvalue weighted by molar-refractivity contribution is 9.10. The van der Waals surface area contributed by atoms with Crippen LogP contribution in [0.2, 0.25) is 0 Å². The first-order chi connectivity index (χ1) is 12.8. The second-order valence-electron chi connectivity index (χ2n) is 6.46. The minimum atomic E-state index is -0.144. The summed E-state index contributed by atoms with van der Waals surface area (Å²) in [6.07, 6.45) is 4.65. The van der Waals surface area contributed by atoms with Gasteiger partial charge in [-0.05, 0) is 70.6 Å². The Hall–Kier alpha value is -2.46. The molecule has 1 aromatic heterocycles. The van der Waals surface area contributed by atoms with E-state index in [-0.39, 0.29) is 11.8 Å². The number of hydrogen-bond donors (Lipinski definition) is 0. The first-order valence-corrected chi connectivity index (χ1v) is 9.62. The highest BCUT2D eigenvalue weighted by atomic mass is 79.9. The number of benzene rings is 2. The molecule has 3 aromatic rings. The first kappa shape index (κ1) is 17.0. The lowest BCUT2D eigenvalue weighted by Gasteiger charge is -2.31. The highest BCUT2D eigenvalue weighted by Crippen LogP contribution is 2.38. The summed E-state index contributed by atoms with van der Waals surface area (Å²) < 4.78 is 0.807. The number of nitrogens with zero attached hydrogens (tertiary/aromatic N) is 2. The first-order valence-electron chi connectivity index (χ1n) is 8.83. The summed E-state index contributed by atoms with van der Waals surface area (Å²) in [6.45, 7) is 0. The van der Waals surface area contributed by atoms with E-state index >= 15 is 0 Å². The van der Waals surface area contributed by atoms with Crippen LogP contribution in [0.1, 0.15) is 29.9 Å². The average Bonchev–Trinajstić information content (AvgIpc) is 2.70. The number of rotatable bonds is 3. The summed E-state index contributed by atoms with van der Waals surface area (Å²) in [6, 6.07) is 21.8. The van der Waals surface area contributed by atoms with Crippen LogP contribution in [-0.2, 0) is 11.2 Å². The van der Waals surface area contributed by atoms with Crippen molar-refractivity contribution in [3.63, 3.8) is 0 Å². The Labute approximate surface area is 161 Å². The zero-order chi connectivity index (χ0) is 17.9. The maximum absolute atomic E-state index is 13.7. The molecule has 0 spiro atoms. The number of carbonyl (C=O) groups is 1. The summed E-state index contributed by atoms with van der Waals surface area (Å²) >= 11 is 3.56. The largest absolute Gasteiger partial charge is 0.273 e. The van der Waals surface area contributed by atoms with E-state index in [9.17, 15) is 4.79 Å². The van der Waals surface area contributed by atoms with Crippen molar-refractivity contribution in [2.75, 3.05) is 4.90 Å². The maximum atomic E-state index is 13.7. The zero-order valence-corrected chi connectivity index (χ0v) is 15.9. The van der Waals surface area contributed by atoms with E-state index in [1.54, 1.807) is 11.1 Å². The smallest absolute Gasteiger partial charge is 0.240 e. The molecule has 0 radical (unpaired) electrons. The molecule has 4 heteroatoms. The SMILES string of the molecule is O=C([C@H]1CCCc2ccccc21)N(c1ccccc1)c1ncccc1Br. The summed E-state index contributed by atoms with van der Waals surface area (Å²) in [7, 11) is 0. The minimum Gasteiger partial charge on any atom is -0.273 e. The summed E-state index contributed by atoms with van der Waals surface area (Å²) in [4.78, 5) is 19.9.